The van der Waals surface area contributed by atoms with Crippen LogP contribution in [0, 0.1) is 13.8 Å². The maximum atomic E-state index is 10.9. The van der Waals surface area contributed by atoms with Crippen LogP contribution in [0.5, 0.6) is 11.5 Å². The summed E-state index contributed by atoms with van der Waals surface area (Å²) in [6.45, 7) is 4.38. The fraction of sp³-hybridized carbons (Fsp3) is 0.613. The molecular weight excluding hydrogens is 404 g/mol. The van der Waals surface area contributed by atoms with Crippen LogP contribution in [0.15, 0.2) is 24.3 Å². The lowest BCUT2D eigenvalue weighted by atomic mass is 9.68. The number of hydrogen-bond donors (Lipinski definition) is 2. The average molecular weight is 447 g/mol. The van der Waals surface area contributed by atoms with Gasteiger partial charge >= 0.3 is 0 Å². The van der Waals surface area contributed by atoms with Crippen molar-refractivity contribution in [3.8, 4) is 11.5 Å². The van der Waals surface area contributed by atoms with Crippen LogP contribution in [0.25, 0.3) is 0 Å². The zero-order valence-electron chi connectivity index (χ0n) is 20.8. The maximum absolute atomic E-state index is 10.9. The molecule has 0 radical (unpaired) electrons. The van der Waals surface area contributed by atoms with Crippen LogP contribution in [-0.4, -0.2) is 10.2 Å². The third kappa shape index (κ3) is 4.19. The topological polar surface area (TPSA) is 40.5 Å². The molecule has 2 nitrogen and oxygen atoms in total. The Morgan fingerprint density at radius 1 is 0.576 bits per heavy atom. The molecule has 5 rings (SSSR count). The summed E-state index contributed by atoms with van der Waals surface area (Å²) >= 11 is 0. The van der Waals surface area contributed by atoms with Crippen molar-refractivity contribution in [2.45, 2.75) is 121 Å². The van der Waals surface area contributed by atoms with Gasteiger partial charge in [-0.1, -0.05) is 63.5 Å². The average Bonchev–Trinajstić information content (AvgIpc) is 3.31. The normalized spacial score (nSPS) is 22.0. The summed E-state index contributed by atoms with van der Waals surface area (Å²) in [4.78, 5) is 0. The van der Waals surface area contributed by atoms with Gasteiger partial charge in [0.25, 0.3) is 0 Å². The number of phenols is 2. The molecule has 0 saturated heterocycles. The highest BCUT2D eigenvalue weighted by Crippen LogP contribution is 2.52. The number of rotatable bonds is 4. The molecule has 0 unspecified atom stereocenters. The molecule has 33 heavy (non-hydrogen) atoms. The molecule has 2 aromatic rings. The maximum Gasteiger partial charge on any atom is 0.119 e. The van der Waals surface area contributed by atoms with E-state index < -0.39 is 0 Å². The van der Waals surface area contributed by atoms with E-state index in [2.05, 4.69) is 38.1 Å². The van der Waals surface area contributed by atoms with E-state index >= 15 is 0 Å². The van der Waals surface area contributed by atoms with E-state index in [0.717, 1.165) is 0 Å². The van der Waals surface area contributed by atoms with E-state index in [0.29, 0.717) is 23.3 Å². The molecule has 0 atom stereocenters. The predicted octanol–water partition coefficient (Wildman–Crippen LogP) is 8.67. The summed E-state index contributed by atoms with van der Waals surface area (Å²) in [6.07, 6.45) is 17.4. The van der Waals surface area contributed by atoms with Crippen molar-refractivity contribution in [3.05, 3.63) is 57.6 Å². The first-order valence-corrected chi connectivity index (χ1v) is 13.7. The third-order valence-electron chi connectivity index (χ3n) is 9.33. The van der Waals surface area contributed by atoms with Gasteiger partial charge in [0, 0.05) is 5.41 Å². The second kappa shape index (κ2) is 9.35. The molecule has 0 bridgehead atoms. The monoisotopic (exact) mass is 446 g/mol. The van der Waals surface area contributed by atoms with Gasteiger partial charge in [-0.15, -0.1) is 0 Å². The van der Waals surface area contributed by atoms with Crippen LogP contribution in [0.1, 0.15) is 135 Å². The minimum absolute atomic E-state index is 0.00238. The highest BCUT2D eigenvalue weighted by molar-refractivity contribution is 5.55. The van der Waals surface area contributed by atoms with Crippen molar-refractivity contribution in [1.29, 1.82) is 0 Å². The second-order valence-electron chi connectivity index (χ2n) is 11.4. The van der Waals surface area contributed by atoms with Gasteiger partial charge in [0.05, 0.1) is 0 Å². The lowest BCUT2D eigenvalue weighted by molar-refractivity contribution is 0.410. The Morgan fingerprint density at radius 2 is 0.970 bits per heavy atom. The lowest BCUT2D eigenvalue weighted by Gasteiger charge is -2.36. The van der Waals surface area contributed by atoms with E-state index in [-0.39, 0.29) is 5.41 Å². The van der Waals surface area contributed by atoms with Gasteiger partial charge in [-0.25, -0.2) is 0 Å². The van der Waals surface area contributed by atoms with Gasteiger partial charge in [-0.05, 0) is 110 Å². The first-order chi connectivity index (χ1) is 16.0. The molecular formula is C31H42O2. The second-order valence-corrected chi connectivity index (χ2v) is 11.4. The van der Waals surface area contributed by atoms with E-state index in [1.807, 2.05) is 0 Å². The summed E-state index contributed by atoms with van der Waals surface area (Å²) < 4.78 is 0. The minimum Gasteiger partial charge on any atom is -0.508 e. The van der Waals surface area contributed by atoms with Crippen molar-refractivity contribution in [2.24, 2.45) is 0 Å². The largest absolute Gasteiger partial charge is 0.508 e. The van der Waals surface area contributed by atoms with Crippen LogP contribution in [-0.2, 0) is 5.41 Å². The molecule has 3 saturated carbocycles. The number of aryl methyl sites for hydroxylation is 2. The van der Waals surface area contributed by atoms with Crippen molar-refractivity contribution in [2.75, 3.05) is 0 Å². The SMILES string of the molecule is Cc1cc(O)c(C2CCCCC2)cc1C1(c2cc(C3CCCCC3)c(O)cc2C)CCCC1. The molecule has 178 valence electrons. The summed E-state index contributed by atoms with van der Waals surface area (Å²) in [5.41, 5.74) is 7.68. The standard InChI is InChI=1S/C31H42O2/c1-21-17-29(32)25(23-11-5-3-6-12-23)19-27(21)31(15-9-10-16-31)28-20-26(30(33)18-22(28)2)24-13-7-4-8-14-24/h17-20,23-24,32-33H,3-16H2,1-2H3. The van der Waals surface area contributed by atoms with Gasteiger partial charge in [0.2, 0.25) is 0 Å². The number of benzene rings is 2. The molecule has 0 heterocycles. The molecule has 0 spiro atoms. The van der Waals surface area contributed by atoms with Crippen LogP contribution in [0.4, 0.5) is 0 Å². The smallest absolute Gasteiger partial charge is 0.119 e. The number of hydrogen-bond acceptors (Lipinski definition) is 2. The van der Waals surface area contributed by atoms with Crippen molar-refractivity contribution in [1.82, 2.24) is 0 Å². The molecule has 2 heteroatoms. The molecule has 2 N–H and O–H groups in total. The zero-order valence-corrected chi connectivity index (χ0v) is 20.8. The van der Waals surface area contributed by atoms with Gasteiger partial charge in [0.1, 0.15) is 11.5 Å². The van der Waals surface area contributed by atoms with Crippen LogP contribution >= 0.6 is 0 Å². The molecule has 3 fully saturated rings. The molecule has 2 aromatic carbocycles. The fourth-order valence-electron chi connectivity index (χ4n) is 7.59. The third-order valence-corrected chi connectivity index (χ3v) is 9.33. The molecule has 0 amide bonds. The van der Waals surface area contributed by atoms with Crippen LogP contribution in [0.2, 0.25) is 0 Å². The summed E-state index contributed by atoms with van der Waals surface area (Å²) in [5, 5.41) is 21.9. The fourth-order valence-corrected chi connectivity index (χ4v) is 7.59. The Kier molecular flexibility index (Phi) is 6.47. The Morgan fingerprint density at radius 3 is 1.36 bits per heavy atom. The summed E-state index contributed by atoms with van der Waals surface area (Å²) in [7, 11) is 0. The molecule has 0 aromatic heterocycles. The minimum atomic E-state index is 0.00238. The highest BCUT2D eigenvalue weighted by atomic mass is 16.3. The zero-order chi connectivity index (χ0) is 23.0. The van der Waals surface area contributed by atoms with Crippen molar-refractivity contribution >= 4 is 0 Å². The number of phenolic OH excluding ortho intramolecular Hbond substituents is 2. The first-order valence-electron chi connectivity index (χ1n) is 13.7. The van der Waals surface area contributed by atoms with Gasteiger partial charge in [-0.2, -0.15) is 0 Å². The van der Waals surface area contributed by atoms with Crippen LogP contribution in [0.3, 0.4) is 0 Å². The molecule has 3 aliphatic carbocycles. The predicted molar refractivity (Wildman–Crippen MR) is 137 cm³/mol. The Hall–Kier alpha value is -1.96. The van der Waals surface area contributed by atoms with Gasteiger partial charge in [-0.3, -0.25) is 0 Å². The van der Waals surface area contributed by atoms with Crippen LogP contribution < -0.4 is 0 Å². The Bertz CT molecular complexity index is 911. The quantitative estimate of drug-likeness (QED) is 0.493. The highest BCUT2D eigenvalue weighted by Gasteiger charge is 2.41. The summed E-state index contributed by atoms with van der Waals surface area (Å²) in [5.74, 6) is 1.99. The Labute approximate surface area is 200 Å². The lowest BCUT2D eigenvalue weighted by Crippen LogP contribution is -2.27. The first kappa shape index (κ1) is 22.8. The molecule has 3 aliphatic rings. The Balaban J connectivity index is 1.63. The summed E-state index contributed by atoms with van der Waals surface area (Å²) in [6, 6.07) is 8.91. The number of aromatic hydroxyl groups is 2. The van der Waals surface area contributed by atoms with Crippen molar-refractivity contribution in [3.63, 3.8) is 0 Å². The van der Waals surface area contributed by atoms with E-state index in [1.165, 1.54) is 123 Å². The molecule has 0 aliphatic heterocycles. The van der Waals surface area contributed by atoms with Gasteiger partial charge < -0.3 is 10.2 Å². The van der Waals surface area contributed by atoms with Crippen molar-refractivity contribution < 1.29 is 10.2 Å². The van der Waals surface area contributed by atoms with E-state index in [1.54, 1.807) is 0 Å². The van der Waals surface area contributed by atoms with E-state index in [9.17, 15) is 10.2 Å². The van der Waals surface area contributed by atoms with E-state index in [4.69, 9.17) is 0 Å². The van der Waals surface area contributed by atoms with Gasteiger partial charge in [0.15, 0.2) is 0 Å².